The van der Waals surface area contributed by atoms with Crippen LogP contribution >= 0.6 is 0 Å². The fourth-order valence-corrected chi connectivity index (χ4v) is 2.32. The van der Waals surface area contributed by atoms with Crippen LogP contribution in [-0.2, 0) is 22.3 Å². The number of rotatable bonds is 4. The second-order valence-electron chi connectivity index (χ2n) is 5.11. The van der Waals surface area contributed by atoms with Gasteiger partial charge in [0.05, 0.1) is 18.3 Å². The average molecular weight is 301 g/mol. The van der Waals surface area contributed by atoms with E-state index >= 15 is 0 Å². The second kappa shape index (κ2) is 6.47. The van der Waals surface area contributed by atoms with Gasteiger partial charge in [0, 0.05) is 19.5 Å². The summed E-state index contributed by atoms with van der Waals surface area (Å²) >= 11 is 0. The van der Waals surface area contributed by atoms with Crippen molar-refractivity contribution in [1.82, 2.24) is 4.90 Å². The van der Waals surface area contributed by atoms with E-state index in [2.05, 4.69) is 0 Å². The lowest BCUT2D eigenvalue weighted by Crippen LogP contribution is -2.29. The fraction of sp³-hybridized carbons (Fsp3) is 0.533. The van der Waals surface area contributed by atoms with Crippen molar-refractivity contribution >= 4 is 5.91 Å². The summed E-state index contributed by atoms with van der Waals surface area (Å²) < 4.78 is 43.0. The molecule has 1 amide bonds. The van der Waals surface area contributed by atoms with E-state index in [1.165, 1.54) is 12.1 Å². The molecule has 1 aromatic carbocycles. The van der Waals surface area contributed by atoms with Crippen molar-refractivity contribution in [3.05, 3.63) is 35.4 Å². The number of benzene rings is 1. The number of likely N-dealkylation sites (tertiary alicyclic amines) is 1. The molecular weight excluding hydrogens is 283 g/mol. The molecule has 1 aromatic rings. The van der Waals surface area contributed by atoms with Gasteiger partial charge in [-0.2, -0.15) is 13.2 Å². The van der Waals surface area contributed by atoms with Gasteiger partial charge in [-0.05, 0) is 24.1 Å². The first-order valence-electron chi connectivity index (χ1n) is 6.95. The number of nitrogens with zero attached hydrogens (tertiary/aromatic N) is 1. The minimum absolute atomic E-state index is 0.0391. The molecule has 1 heterocycles. The maximum Gasteiger partial charge on any atom is 0.416 e. The van der Waals surface area contributed by atoms with Crippen molar-refractivity contribution < 1.29 is 22.7 Å². The highest BCUT2D eigenvalue weighted by Gasteiger charge is 2.30. The molecule has 1 unspecified atom stereocenters. The van der Waals surface area contributed by atoms with Crippen molar-refractivity contribution in [2.24, 2.45) is 0 Å². The van der Waals surface area contributed by atoms with Gasteiger partial charge in [-0.15, -0.1) is 0 Å². The molecular formula is C15H18F3NO2. The standard InChI is InChI=1S/C15H18F3NO2/c1-2-14(20)19-8-7-13(9-19)21-10-11-3-5-12(6-4-11)15(16,17)18/h3-6,13H,2,7-10H2,1H3. The Hall–Kier alpha value is -1.56. The Labute approximate surface area is 121 Å². The molecule has 1 atom stereocenters. The highest BCUT2D eigenvalue weighted by molar-refractivity contribution is 5.76. The summed E-state index contributed by atoms with van der Waals surface area (Å²) in [5, 5.41) is 0. The molecule has 0 bridgehead atoms. The van der Waals surface area contributed by atoms with Gasteiger partial charge in [-0.25, -0.2) is 0 Å². The van der Waals surface area contributed by atoms with Crippen molar-refractivity contribution in [2.75, 3.05) is 13.1 Å². The molecule has 2 rings (SSSR count). The summed E-state index contributed by atoms with van der Waals surface area (Å²) in [6, 6.07) is 4.96. The van der Waals surface area contributed by atoms with Crippen LogP contribution in [0.5, 0.6) is 0 Å². The van der Waals surface area contributed by atoms with E-state index in [-0.39, 0.29) is 18.6 Å². The maximum atomic E-state index is 12.4. The number of carbonyl (C=O) groups is 1. The van der Waals surface area contributed by atoms with E-state index in [0.29, 0.717) is 25.1 Å². The Morgan fingerprint density at radius 2 is 2.00 bits per heavy atom. The van der Waals surface area contributed by atoms with Gasteiger partial charge in [0.25, 0.3) is 0 Å². The van der Waals surface area contributed by atoms with E-state index < -0.39 is 11.7 Å². The number of carbonyl (C=O) groups excluding carboxylic acids is 1. The van der Waals surface area contributed by atoms with Crippen LogP contribution in [0.3, 0.4) is 0 Å². The lowest BCUT2D eigenvalue weighted by Gasteiger charge is -2.16. The molecule has 3 nitrogen and oxygen atoms in total. The first-order valence-corrected chi connectivity index (χ1v) is 6.95. The van der Waals surface area contributed by atoms with Crippen molar-refractivity contribution in [3.63, 3.8) is 0 Å². The second-order valence-corrected chi connectivity index (χ2v) is 5.11. The number of alkyl halides is 3. The molecule has 1 fully saturated rings. The van der Waals surface area contributed by atoms with E-state index in [4.69, 9.17) is 4.74 Å². The van der Waals surface area contributed by atoms with Crippen LogP contribution < -0.4 is 0 Å². The summed E-state index contributed by atoms with van der Waals surface area (Å²) in [5.41, 5.74) is 0.0371. The van der Waals surface area contributed by atoms with E-state index in [9.17, 15) is 18.0 Å². The summed E-state index contributed by atoms with van der Waals surface area (Å²) in [7, 11) is 0. The van der Waals surface area contributed by atoms with Crippen LogP contribution in [0, 0.1) is 0 Å². The fourth-order valence-electron chi connectivity index (χ4n) is 2.32. The van der Waals surface area contributed by atoms with Gasteiger partial charge < -0.3 is 9.64 Å². The Morgan fingerprint density at radius 1 is 1.33 bits per heavy atom. The lowest BCUT2D eigenvalue weighted by atomic mass is 10.1. The zero-order valence-electron chi connectivity index (χ0n) is 11.8. The molecule has 21 heavy (non-hydrogen) atoms. The molecule has 0 aromatic heterocycles. The molecule has 0 spiro atoms. The molecule has 0 N–H and O–H groups in total. The van der Waals surface area contributed by atoms with E-state index in [1.807, 2.05) is 6.92 Å². The van der Waals surface area contributed by atoms with Gasteiger partial charge in [0.2, 0.25) is 5.91 Å². The van der Waals surface area contributed by atoms with Crippen molar-refractivity contribution in [3.8, 4) is 0 Å². The lowest BCUT2D eigenvalue weighted by molar-refractivity contribution is -0.137. The molecule has 1 aliphatic rings. The smallest absolute Gasteiger partial charge is 0.372 e. The van der Waals surface area contributed by atoms with Crippen LogP contribution in [0.4, 0.5) is 13.2 Å². The molecule has 116 valence electrons. The molecule has 6 heteroatoms. The quantitative estimate of drug-likeness (QED) is 0.854. The number of ether oxygens (including phenoxy) is 1. The van der Waals surface area contributed by atoms with Gasteiger partial charge in [0.1, 0.15) is 0 Å². The largest absolute Gasteiger partial charge is 0.416 e. The first kappa shape index (κ1) is 15.8. The zero-order valence-corrected chi connectivity index (χ0v) is 11.8. The maximum absolute atomic E-state index is 12.4. The summed E-state index contributed by atoms with van der Waals surface area (Å²) in [6.45, 7) is 3.33. The SMILES string of the molecule is CCC(=O)N1CCC(OCc2ccc(C(F)(F)F)cc2)C1. The first-order chi connectivity index (χ1) is 9.90. The third-order valence-electron chi connectivity index (χ3n) is 3.57. The van der Waals surface area contributed by atoms with Crippen LogP contribution in [0.1, 0.15) is 30.9 Å². The van der Waals surface area contributed by atoms with Crippen molar-refractivity contribution in [2.45, 2.75) is 38.7 Å². The summed E-state index contributed by atoms with van der Waals surface area (Å²) in [6.07, 6.45) is -3.10. The summed E-state index contributed by atoms with van der Waals surface area (Å²) in [5.74, 6) is 0.107. The Morgan fingerprint density at radius 3 is 2.57 bits per heavy atom. The number of hydrogen-bond donors (Lipinski definition) is 0. The van der Waals surface area contributed by atoms with Crippen molar-refractivity contribution in [1.29, 1.82) is 0 Å². The summed E-state index contributed by atoms with van der Waals surface area (Å²) in [4.78, 5) is 13.3. The van der Waals surface area contributed by atoms with Crippen LogP contribution in [0.2, 0.25) is 0 Å². The normalized spacial score (nSPS) is 19.0. The number of amides is 1. The van der Waals surface area contributed by atoms with Gasteiger partial charge >= 0.3 is 6.18 Å². The monoisotopic (exact) mass is 301 g/mol. The Bertz CT molecular complexity index is 485. The average Bonchev–Trinajstić information content (AvgIpc) is 2.92. The third kappa shape index (κ3) is 4.20. The van der Waals surface area contributed by atoms with E-state index in [0.717, 1.165) is 18.6 Å². The van der Waals surface area contributed by atoms with Crippen LogP contribution in [0.25, 0.3) is 0 Å². The minimum Gasteiger partial charge on any atom is -0.372 e. The van der Waals surface area contributed by atoms with Gasteiger partial charge in [-0.1, -0.05) is 19.1 Å². The molecule has 0 radical (unpaired) electrons. The highest BCUT2D eigenvalue weighted by atomic mass is 19.4. The topological polar surface area (TPSA) is 29.5 Å². The van der Waals surface area contributed by atoms with Crippen LogP contribution in [-0.4, -0.2) is 30.0 Å². The number of halogens is 3. The molecule has 0 aliphatic carbocycles. The minimum atomic E-state index is -4.31. The predicted octanol–water partition coefficient (Wildman–Crippen LogP) is 3.23. The number of hydrogen-bond acceptors (Lipinski definition) is 2. The molecule has 1 saturated heterocycles. The predicted molar refractivity (Wildman–Crippen MR) is 71.5 cm³/mol. The van der Waals surface area contributed by atoms with E-state index in [1.54, 1.807) is 4.90 Å². The van der Waals surface area contributed by atoms with Gasteiger partial charge in [-0.3, -0.25) is 4.79 Å². The molecule has 0 saturated carbocycles. The Kier molecular flexibility index (Phi) is 4.88. The highest BCUT2D eigenvalue weighted by Crippen LogP contribution is 2.29. The molecule has 1 aliphatic heterocycles. The van der Waals surface area contributed by atoms with Crippen LogP contribution in [0.15, 0.2) is 24.3 Å². The third-order valence-corrected chi connectivity index (χ3v) is 3.57. The Balaban J connectivity index is 1.83. The zero-order chi connectivity index (χ0) is 15.5. The van der Waals surface area contributed by atoms with Gasteiger partial charge in [0.15, 0.2) is 0 Å².